The van der Waals surface area contributed by atoms with Gasteiger partial charge in [0.25, 0.3) is 5.91 Å². The monoisotopic (exact) mass is 340 g/mol. The van der Waals surface area contributed by atoms with Gasteiger partial charge < -0.3 is 14.2 Å². The second-order valence-corrected chi connectivity index (χ2v) is 6.66. The van der Waals surface area contributed by atoms with Crippen molar-refractivity contribution in [3.8, 4) is 0 Å². The molecule has 0 atom stereocenters. The van der Waals surface area contributed by atoms with E-state index in [1.165, 1.54) is 17.4 Å². The Morgan fingerprint density at radius 1 is 1.16 bits per heavy atom. The third-order valence-electron chi connectivity index (χ3n) is 4.91. The van der Waals surface area contributed by atoms with E-state index in [-0.39, 0.29) is 17.7 Å². The Morgan fingerprint density at radius 2 is 1.88 bits per heavy atom. The normalized spacial score (nSPS) is 15.2. The fourth-order valence-electron chi connectivity index (χ4n) is 3.32. The molecule has 2 amide bonds. The van der Waals surface area contributed by atoms with Gasteiger partial charge in [-0.2, -0.15) is 0 Å². The molecule has 0 unspecified atom stereocenters. The van der Waals surface area contributed by atoms with Crippen LogP contribution in [0.5, 0.6) is 0 Å². The first-order valence-corrected chi connectivity index (χ1v) is 8.68. The van der Waals surface area contributed by atoms with Crippen LogP contribution in [0.3, 0.4) is 0 Å². The van der Waals surface area contributed by atoms with E-state index in [0.29, 0.717) is 38.2 Å². The second kappa shape index (κ2) is 7.55. The number of hydrogen-bond donors (Lipinski definition) is 0. The first-order chi connectivity index (χ1) is 12.1. The lowest BCUT2D eigenvalue weighted by molar-refractivity contribution is -0.136. The number of carbonyl (C=O) groups excluding carboxylic acids is 2. The highest BCUT2D eigenvalue weighted by Crippen LogP contribution is 2.22. The van der Waals surface area contributed by atoms with Crippen molar-refractivity contribution in [3.05, 3.63) is 59.5 Å². The molecule has 25 heavy (non-hydrogen) atoms. The lowest BCUT2D eigenvalue weighted by Gasteiger charge is -2.33. The fraction of sp³-hybridized carbons (Fsp3) is 0.400. The zero-order valence-electron chi connectivity index (χ0n) is 14.8. The zero-order chi connectivity index (χ0) is 17.8. The summed E-state index contributed by atoms with van der Waals surface area (Å²) in [6.45, 7) is 3.87. The molecule has 1 aliphatic rings. The van der Waals surface area contributed by atoms with Crippen molar-refractivity contribution in [2.75, 3.05) is 20.1 Å². The Balaban J connectivity index is 1.54. The van der Waals surface area contributed by atoms with Crippen LogP contribution in [-0.2, 0) is 11.3 Å². The summed E-state index contributed by atoms with van der Waals surface area (Å²) in [6.07, 6.45) is 2.90. The molecule has 0 bridgehead atoms. The van der Waals surface area contributed by atoms with Crippen LogP contribution in [0.1, 0.15) is 34.5 Å². The highest BCUT2D eigenvalue weighted by atomic mass is 16.3. The third kappa shape index (κ3) is 3.92. The van der Waals surface area contributed by atoms with Gasteiger partial charge in [0.05, 0.1) is 6.26 Å². The van der Waals surface area contributed by atoms with E-state index < -0.39 is 0 Å². The largest absolute Gasteiger partial charge is 0.459 e. The Morgan fingerprint density at radius 3 is 2.52 bits per heavy atom. The van der Waals surface area contributed by atoms with Crippen LogP contribution in [0.2, 0.25) is 0 Å². The quantitative estimate of drug-likeness (QED) is 0.859. The predicted octanol–water partition coefficient (Wildman–Crippen LogP) is 3.10. The molecule has 0 saturated carbocycles. The van der Waals surface area contributed by atoms with E-state index in [4.69, 9.17) is 4.42 Å². The van der Waals surface area contributed by atoms with Gasteiger partial charge in [-0.3, -0.25) is 9.59 Å². The van der Waals surface area contributed by atoms with Crippen LogP contribution < -0.4 is 0 Å². The molecule has 132 valence electrons. The molecule has 0 N–H and O–H groups in total. The van der Waals surface area contributed by atoms with Gasteiger partial charge in [0.1, 0.15) is 0 Å². The van der Waals surface area contributed by atoms with Crippen molar-refractivity contribution in [1.29, 1.82) is 0 Å². The van der Waals surface area contributed by atoms with Crippen molar-refractivity contribution < 1.29 is 14.0 Å². The molecular weight excluding hydrogens is 316 g/mol. The minimum Gasteiger partial charge on any atom is -0.459 e. The number of benzene rings is 1. The van der Waals surface area contributed by atoms with Crippen molar-refractivity contribution in [1.82, 2.24) is 9.80 Å². The topological polar surface area (TPSA) is 53.8 Å². The van der Waals surface area contributed by atoms with E-state index in [1.807, 2.05) is 19.2 Å². The van der Waals surface area contributed by atoms with Crippen LogP contribution in [0.25, 0.3) is 0 Å². The average molecular weight is 340 g/mol. The van der Waals surface area contributed by atoms with Crippen molar-refractivity contribution >= 4 is 11.8 Å². The van der Waals surface area contributed by atoms with Gasteiger partial charge in [-0.05, 0) is 43.0 Å². The summed E-state index contributed by atoms with van der Waals surface area (Å²) in [4.78, 5) is 28.6. The van der Waals surface area contributed by atoms with Crippen molar-refractivity contribution in [2.24, 2.45) is 5.92 Å². The smallest absolute Gasteiger partial charge is 0.289 e. The number of amides is 2. The van der Waals surface area contributed by atoms with Crippen LogP contribution in [-0.4, -0.2) is 41.8 Å². The van der Waals surface area contributed by atoms with Gasteiger partial charge in [-0.25, -0.2) is 0 Å². The highest BCUT2D eigenvalue weighted by molar-refractivity contribution is 5.91. The Kier molecular flexibility index (Phi) is 5.22. The lowest BCUT2D eigenvalue weighted by Crippen LogP contribution is -2.43. The van der Waals surface area contributed by atoms with Crippen molar-refractivity contribution in [2.45, 2.75) is 26.3 Å². The lowest BCUT2D eigenvalue weighted by atomic mass is 9.95. The molecule has 3 rings (SSSR count). The first-order valence-electron chi connectivity index (χ1n) is 8.68. The number of aryl methyl sites for hydroxylation is 1. The molecule has 2 aromatic rings. The number of carbonyl (C=O) groups is 2. The van der Waals surface area contributed by atoms with Crippen LogP contribution in [0, 0.1) is 12.8 Å². The minimum atomic E-state index is -0.0934. The molecule has 1 aromatic heterocycles. The summed E-state index contributed by atoms with van der Waals surface area (Å²) in [5.74, 6) is 0.411. The molecule has 1 fully saturated rings. The Labute approximate surface area is 148 Å². The van der Waals surface area contributed by atoms with Gasteiger partial charge in [0.15, 0.2) is 5.76 Å². The molecule has 5 heteroatoms. The molecule has 1 aliphatic heterocycles. The summed E-state index contributed by atoms with van der Waals surface area (Å²) >= 11 is 0. The van der Waals surface area contributed by atoms with Gasteiger partial charge in [0, 0.05) is 32.6 Å². The molecular formula is C20H24N2O3. The van der Waals surface area contributed by atoms with E-state index in [2.05, 4.69) is 19.1 Å². The van der Waals surface area contributed by atoms with Gasteiger partial charge in [-0.15, -0.1) is 0 Å². The highest BCUT2D eigenvalue weighted by Gasteiger charge is 2.30. The van der Waals surface area contributed by atoms with E-state index in [1.54, 1.807) is 21.9 Å². The third-order valence-corrected chi connectivity index (χ3v) is 4.91. The maximum Gasteiger partial charge on any atom is 0.289 e. The second-order valence-electron chi connectivity index (χ2n) is 6.66. The van der Waals surface area contributed by atoms with E-state index in [9.17, 15) is 9.59 Å². The number of rotatable bonds is 4. The number of piperidine rings is 1. The van der Waals surface area contributed by atoms with Crippen LogP contribution >= 0.6 is 0 Å². The molecule has 0 aliphatic carbocycles. The average Bonchev–Trinajstić information content (AvgIpc) is 3.17. The zero-order valence-corrected chi connectivity index (χ0v) is 14.8. The van der Waals surface area contributed by atoms with Crippen LogP contribution in [0.4, 0.5) is 0 Å². The number of nitrogens with zero attached hydrogens (tertiary/aromatic N) is 2. The van der Waals surface area contributed by atoms with E-state index in [0.717, 1.165) is 0 Å². The van der Waals surface area contributed by atoms with E-state index >= 15 is 0 Å². The predicted molar refractivity (Wildman–Crippen MR) is 95.0 cm³/mol. The number of hydrogen-bond acceptors (Lipinski definition) is 3. The maximum atomic E-state index is 12.7. The number of furan rings is 1. The van der Waals surface area contributed by atoms with Crippen molar-refractivity contribution in [3.63, 3.8) is 0 Å². The molecule has 0 spiro atoms. The molecule has 1 saturated heterocycles. The molecule has 0 radical (unpaired) electrons. The minimum absolute atomic E-state index is 0.0188. The summed E-state index contributed by atoms with van der Waals surface area (Å²) in [7, 11) is 1.86. The van der Waals surface area contributed by atoms with Gasteiger partial charge in [-0.1, -0.05) is 24.3 Å². The SMILES string of the molecule is Cc1ccccc1CN(C)C(=O)C1CCN(C(=O)c2ccco2)CC1. The summed E-state index contributed by atoms with van der Waals surface area (Å²) < 4.78 is 5.17. The fourth-order valence-corrected chi connectivity index (χ4v) is 3.32. The number of likely N-dealkylation sites (tertiary alicyclic amines) is 1. The van der Waals surface area contributed by atoms with Crippen LogP contribution in [0.15, 0.2) is 47.1 Å². The first kappa shape index (κ1) is 17.3. The Hall–Kier alpha value is -2.56. The molecule has 5 nitrogen and oxygen atoms in total. The summed E-state index contributed by atoms with van der Waals surface area (Å²) in [6, 6.07) is 11.5. The Bertz CT molecular complexity index is 731. The van der Waals surface area contributed by atoms with Gasteiger partial charge in [0.2, 0.25) is 5.91 Å². The molecule has 1 aromatic carbocycles. The standard InChI is InChI=1S/C20H24N2O3/c1-15-6-3-4-7-17(15)14-21(2)19(23)16-9-11-22(12-10-16)20(24)18-8-5-13-25-18/h3-8,13,16H,9-12,14H2,1-2H3. The molecule has 2 heterocycles. The summed E-state index contributed by atoms with van der Waals surface area (Å²) in [5, 5.41) is 0. The van der Waals surface area contributed by atoms with Gasteiger partial charge >= 0.3 is 0 Å². The summed E-state index contributed by atoms with van der Waals surface area (Å²) in [5.41, 5.74) is 2.37. The maximum absolute atomic E-state index is 12.7.